The van der Waals surface area contributed by atoms with Crippen molar-refractivity contribution in [3.05, 3.63) is 425 Å². The molecule has 0 aliphatic carbocycles. The van der Waals surface area contributed by atoms with Crippen LogP contribution >= 0.6 is 0 Å². The van der Waals surface area contributed by atoms with Gasteiger partial charge in [-0.3, -0.25) is 0 Å². The van der Waals surface area contributed by atoms with Crippen LogP contribution in [0.3, 0.4) is 0 Å². The van der Waals surface area contributed by atoms with Gasteiger partial charge in [-0.05, 0) is 296 Å². The van der Waals surface area contributed by atoms with Gasteiger partial charge in [0.15, 0.2) is 0 Å². The standard InChI is InChI=1S/C120H70/c1-7-35-77-71(27-1)33-21-55-93(77)115-97-41-13-17-45-101(97)119(102-46-18-14-42-98(102)115)117-81-39-11-5-31-75(81)69-111-87-53-25-57-95(91(87)61-65-107(111)117)113-79-37-9-3-29-73(79)67-109-85-51-23-49-83(89(85)59-63-105(109)113)84-50-24-52-86-90(84)60-64-106-110(86)68-74-30-4-10-38-80(74)114(106)96-58-26-54-88-92(96)62-66-108-112(88)70-76-32-6-12-40-82(76)118(108)120-103-47-19-15-43-99(103)116(100-44-16-20-48-104(100)120)94-56-22-34-72-28-2-8-36-78(72)94/h1-70H. The molecule has 0 heterocycles. The second-order valence-corrected chi connectivity index (χ2v) is 32.9. The van der Waals surface area contributed by atoms with E-state index in [-0.39, 0.29) is 0 Å². The van der Waals surface area contributed by atoms with Gasteiger partial charge in [0.05, 0.1) is 0 Å². The summed E-state index contributed by atoms with van der Waals surface area (Å²) in [7, 11) is 0. The highest BCUT2D eigenvalue weighted by atomic mass is 14.3. The zero-order valence-corrected chi connectivity index (χ0v) is 65.4. The fraction of sp³-hybridized carbons (Fsp3) is 0. The fourth-order valence-electron chi connectivity index (χ4n) is 21.9. The minimum absolute atomic E-state index is 1.22. The van der Waals surface area contributed by atoms with Crippen molar-refractivity contribution < 1.29 is 0 Å². The van der Waals surface area contributed by atoms with Gasteiger partial charge in [-0.15, -0.1) is 0 Å². The molecule has 0 atom stereocenters. The van der Waals surface area contributed by atoms with Crippen molar-refractivity contribution >= 4 is 194 Å². The molecule has 0 nitrogen and oxygen atoms in total. The van der Waals surface area contributed by atoms with Gasteiger partial charge in [-0.2, -0.15) is 0 Å². The first-order chi connectivity index (χ1) is 59.6. The third-order valence-electron chi connectivity index (χ3n) is 26.9. The van der Waals surface area contributed by atoms with E-state index in [4.69, 9.17) is 0 Å². The van der Waals surface area contributed by atoms with E-state index < -0.39 is 0 Å². The van der Waals surface area contributed by atoms with Crippen molar-refractivity contribution in [1.82, 2.24) is 0 Å². The van der Waals surface area contributed by atoms with Gasteiger partial charge < -0.3 is 0 Å². The van der Waals surface area contributed by atoms with Crippen LogP contribution in [-0.2, 0) is 0 Å². The zero-order chi connectivity index (χ0) is 78.4. The van der Waals surface area contributed by atoms with E-state index in [0.717, 1.165) is 0 Å². The van der Waals surface area contributed by atoms with Crippen molar-refractivity contribution in [2.75, 3.05) is 0 Å². The summed E-state index contributed by atoms with van der Waals surface area (Å²) in [6.45, 7) is 0. The first-order valence-corrected chi connectivity index (χ1v) is 41.9. The summed E-state index contributed by atoms with van der Waals surface area (Å²) in [4.78, 5) is 0. The number of hydrogen-bond acceptors (Lipinski definition) is 0. The van der Waals surface area contributed by atoms with E-state index in [1.54, 1.807) is 0 Å². The van der Waals surface area contributed by atoms with Gasteiger partial charge in [-0.25, -0.2) is 0 Å². The molecular formula is C120H70. The third kappa shape index (κ3) is 9.64. The Morgan fingerprint density at radius 2 is 0.233 bits per heavy atom. The lowest BCUT2D eigenvalue weighted by atomic mass is 9.81. The molecule has 0 saturated carbocycles. The summed E-state index contributed by atoms with van der Waals surface area (Å²) in [5, 5.41) is 44.6. The molecule has 550 valence electrons. The quantitative estimate of drug-likeness (QED) is 0.110. The van der Waals surface area contributed by atoms with Crippen LogP contribution in [0.1, 0.15) is 0 Å². The average Bonchev–Trinajstić information content (AvgIpc) is 0.722. The Labute approximate surface area is 691 Å². The summed E-state index contributed by atoms with van der Waals surface area (Å²) in [5.74, 6) is 0. The second-order valence-electron chi connectivity index (χ2n) is 32.9. The molecule has 0 amide bonds. The minimum Gasteiger partial charge on any atom is -0.0616 e. The summed E-state index contributed by atoms with van der Waals surface area (Å²) in [6.07, 6.45) is 0. The lowest BCUT2D eigenvalue weighted by Crippen LogP contribution is -1.94. The van der Waals surface area contributed by atoms with Crippen molar-refractivity contribution in [2.45, 2.75) is 0 Å². The number of rotatable bonds is 7. The Kier molecular flexibility index (Phi) is 14.4. The first kappa shape index (κ1) is 66.7. The van der Waals surface area contributed by atoms with Gasteiger partial charge in [0.25, 0.3) is 0 Å². The minimum atomic E-state index is 1.22. The Morgan fingerprint density at radius 1 is 0.0750 bits per heavy atom. The van der Waals surface area contributed by atoms with Crippen molar-refractivity contribution in [3.63, 3.8) is 0 Å². The van der Waals surface area contributed by atoms with E-state index in [1.807, 2.05) is 0 Å². The normalized spacial score (nSPS) is 12.2. The number of hydrogen-bond donors (Lipinski definition) is 0. The Morgan fingerprint density at radius 3 is 0.533 bits per heavy atom. The first-order valence-electron chi connectivity index (χ1n) is 41.9. The predicted octanol–water partition coefficient (Wildman–Crippen LogP) is 34.1. The zero-order valence-electron chi connectivity index (χ0n) is 65.4. The van der Waals surface area contributed by atoms with Gasteiger partial charge in [0, 0.05) is 0 Å². The fourth-order valence-corrected chi connectivity index (χ4v) is 21.9. The number of benzene rings is 26. The molecule has 0 aliphatic heterocycles. The van der Waals surface area contributed by atoms with Crippen LogP contribution in [0.25, 0.3) is 272 Å². The molecule has 0 spiro atoms. The van der Waals surface area contributed by atoms with Gasteiger partial charge in [0.2, 0.25) is 0 Å². The van der Waals surface area contributed by atoms with Gasteiger partial charge in [-0.1, -0.05) is 400 Å². The lowest BCUT2D eigenvalue weighted by molar-refractivity contribution is 1.69. The van der Waals surface area contributed by atoms with Gasteiger partial charge in [0.1, 0.15) is 0 Å². The van der Waals surface area contributed by atoms with Gasteiger partial charge >= 0.3 is 0 Å². The van der Waals surface area contributed by atoms with E-state index in [2.05, 4.69) is 425 Å². The van der Waals surface area contributed by atoms with E-state index >= 15 is 0 Å². The third-order valence-corrected chi connectivity index (χ3v) is 26.9. The largest absolute Gasteiger partial charge is 0.0616 e. The van der Waals surface area contributed by atoms with E-state index in [1.165, 1.54) is 272 Å². The molecule has 26 rings (SSSR count). The molecule has 0 aliphatic rings. The molecule has 0 saturated heterocycles. The molecule has 0 aromatic heterocycles. The lowest BCUT2D eigenvalue weighted by Gasteiger charge is -2.22. The summed E-state index contributed by atoms with van der Waals surface area (Å²) < 4.78 is 0. The molecule has 0 N–H and O–H groups in total. The Bertz CT molecular complexity index is 8400. The maximum Gasteiger partial charge on any atom is -0.00139 e. The van der Waals surface area contributed by atoms with Crippen LogP contribution in [0.2, 0.25) is 0 Å². The molecular weight excluding hydrogens is 1440 g/mol. The molecule has 26 aromatic rings. The van der Waals surface area contributed by atoms with Crippen molar-refractivity contribution in [1.29, 1.82) is 0 Å². The van der Waals surface area contributed by atoms with Crippen LogP contribution < -0.4 is 0 Å². The highest BCUT2D eigenvalue weighted by Crippen LogP contribution is 2.55. The molecule has 0 bridgehead atoms. The molecule has 0 radical (unpaired) electrons. The van der Waals surface area contributed by atoms with Crippen molar-refractivity contribution in [2.24, 2.45) is 0 Å². The molecule has 0 unspecified atom stereocenters. The maximum atomic E-state index is 2.46. The molecule has 0 heteroatoms. The highest BCUT2D eigenvalue weighted by Gasteiger charge is 2.27. The summed E-state index contributed by atoms with van der Waals surface area (Å²) in [6, 6.07) is 161. The van der Waals surface area contributed by atoms with E-state index in [9.17, 15) is 0 Å². The van der Waals surface area contributed by atoms with Crippen LogP contribution in [0.15, 0.2) is 425 Å². The monoisotopic (exact) mass is 1510 g/mol. The smallest absolute Gasteiger partial charge is 0.00139 e. The van der Waals surface area contributed by atoms with Crippen LogP contribution in [0, 0.1) is 0 Å². The Hall–Kier alpha value is -15.6. The molecule has 120 heavy (non-hydrogen) atoms. The topological polar surface area (TPSA) is 0 Å². The van der Waals surface area contributed by atoms with Crippen LogP contribution in [0.4, 0.5) is 0 Å². The predicted molar refractivity (Wildman–Crippen MR) is 520 cm³/mol. The Balaban J connectivity index is 0.634. The molecule has 26 aromatic carbocycles. The summed E-state index contributed by atoms with van der Waals surface area (Å²) >= 11 is 0. The maximum absolute atomic E-state index is 2.46. The number of fused-ring (bicyclic) bond motifs is 22. The molecule has 0 fully saturated rings. The average molecular weight is 1510 g/mol. The van der Waals surface area contributed by atoms with Crippen LogP contribution in [0.5, 0.6) is 0 Å². The highest BCUT2D eigenvalue weighted by molar-refractivity contribution is 6.35. The summed E-state index contributed by atoms with van der Waals surface area (Å²) in [5.41, 5.74) is 17.5. The van der Waals surface area contributed by atoms with E-state index in [0.29, 0.717) is 0 Å². The van der Waals surface area contributed by atoms with Crippen LogP contribution in [-0.4, -0.2) is 0 Å². The SMILES string of the molecule is c1ccc2c(-c3c4ccccc4c(-c4c5ccccc5cc5c4ccc4c(-c6c7ccccc7cc7c6ccc6c(-c8cccc9c8ccc8c(-c%10cccc%11c%10ccc%10c(-c%12c%13ccccc%13c(-c%13cccc%14ccccc%13%14)c%13ccccc%12%13)c%12ccccc%12cc%10%11)c%10ccccc%10cc89)cccc67)cccc45)c4ccccc34)cccc2c1. The van der Waals surface area contributed by atoms with Crippen molar-refractivity contribution in [3.8, 4) is 77.9 Å². The second kappa shape index (κ2) is 26.0.